The molecule has 0 amide bonds. The van der Waals surface area contributed by atoms with Gasteiger partial charge >= 0.3 is 5.97 Å². The van der Waals surface area contributed by atoms with E-state index < -0.39 is 5.97 Å². The Morgan fingerprint density at radius 1 is 0.955 bits per heavy atom. The first kappa shape index (κ1) is 14.6. The molecule has 22 heavy (non-hydrogen) atoms. The summed E-state index contributed by atoms with van der Waals surface area (Å²) in [4.78, 5) is 11.4. The molecule has 2 atom stereocenters. The maximum atomic E-state index is 11.4. The lowest BCUT2D eigenvalue weighted by Gasteiger charge is -2.09. The van der Waals surface area contributed by atoms with E-state index in [0.29, 0.717) is 0 Å². The summed E-state index contributed by atoms with van der Waals surface area (Å²) in [5, 5.41) is 9.38. The van der Waals surface area contributed by atoms with Crippen LogP contribution in [0.5, 0.6) is 0 Å². The summed E-state index contributed by atoms with van der Waals surface area (Å²) in [5.74, 6) is -0.929. The minimum atomic E-state index is -0.702. The topological polar surface area (TPSA) is 37.3 Å². The number of allylic oxidation sites excluding steroid dienone is 1. The van der Waals surface area contributed by atoms with Crippen molar-refractivity contribution in [1.82, 2.24) is 0 Å². The van der Waals surface area contributed by atoms with E-state index in [9.17, 15) is 9.90 Å². The van der Waals surface area contributed by atoms with Crippen molar-refractivity contribution < 1.29 is 9.90 Å². The maximum absolute atomic E-state index is 11.4. The van der Waals surface area contributed by atoms with Gasteiger partial charge in [0.25, 0.3) is 0 Å². The van der Waals surface area contributed by atoms with Crippen LogP contribution in [0, 0.1) is 17.3 Å². The zero-order chi connectivity index (χ0) is 15.7. The van der Waals surface area contributed by atoms with Crippen molar-refractivity contribution in [3.8, 4) is 0 Å². The van der Waals surface area contributed by atoms with Crippen LogP contribution in [0.3, 0.4) is 0 Å². The molecule has 1 aliphatic carbocycles. The highest BCUT2D eigenvalue weighted by molar-refractivity contribution is 5.83. The lowest BCUT2D eigenvalue weighted by Crippen LogP contribution is -2.03. The van der Waals surface area contributed by atoms with Gasteiger partial charge in [-0.1, -0.05) is 80.6 Å². The molecule has 2 nitrogen and oxygen atoms in total. The number of hydrogen-bond donors (Lipinski definition) is 1. The van der Waals surface area contributed by atoms with Crippen LogP contribution in [-0.4, -0.2) is 11.1 Å². The number of benzene rings is 2. The summed E-state index contributed by atoms with van der Waals surface area (Å²) >= 11 is 0. The molecule has 1 aliphatic rings. The van der Waals surface area contributed by atoms with Crippen LogP contribution in [-0.2, 0) is 4.79 Å². The molecule has 2 aromatic rings. The normalized spacial score (nSPS) is 21.9. The van der Waals surface area contributed by atoms with Gasteiger partial charge in [0, 0.05) is 0 Å². The maximum Gasteiger partial charge on any atom is 0.307 e. The van der Waals surface area contributed by atoms with Crippen molar-refractivity contribution in [3.05, 3.63) is 77.9 Å². The van der Waals surface area contributed by atoms with E-state index in [-0.39, 0.29) is 17.3 Å². The number of carboxylic acid groups (broad SMARTS) is 1. The summed E-state index contributed by atoms with van der Waals surface area (Å²) in [6, 6.07) is 20.3. The predicted octanol–water partition coefficient (Wildman–Crippen LogP) is 4.48. The number of carboxylic acids is 1. The fourth-order valence-electron chi connectivity index (χ4n) is 3.23. The largest absolute Gasteiger partial charge is 0.481 e. The van der Waals surface area contributed by atoms with Gasteiger partial charge in [0.05, 0.1) is 5.92 Å². The molecule has 0 bridgehead atoms. The average molecular weight is 292 g/mol. The molecule has 2 heteroatoms. The first-order valence-corrected chi connectivity index (χ1v) is 7.57. The summed E-state index contributed by atoms with van der Waals surface area (Å²) in [5.41, 5.74) is 3.18. The van der Waals surface area contributed by atoms with Gasteiger partial charge in [0.1, 0.15) is 0 Å². The Balaban J connectivity index is 2.04. The number of hydrogen-bond acceptors (Lipinski definition) is 1. The van der Waals surface area contributed by atoms with Crippen molar-refractivity contribution in [2.75, 3.05) is 0 Å². The second-order valence-corrected chi connectivity index (χ2v) is 6.48. The molecule has 0 unspecified atom stereocenters. The highest BCUT2D eigenvalue weighted by Crippen LogP contribution is 2.60. The number of rotatable bonds is 4. The van der Waals surface area contributed by atoms with E-state index in [4.69, 9.17) is 0 Å². The minimum absolute atomic E-state index is 0.0698. The molecule has 3 rings (SSSR count). The first-order valence-electron chi connectivity index (χ1n) is 7.57. The van der Waals surface area contributed by atoms with Crippen LogP contribution in [0.25, 0.3) is 5.57 Å². The molecule has 0 radical (unpaired) electrons. The first-order chi connectivity index (χ1) is 10.5. The Labute approximate surface area is 131 Å². The molecule has 1 N–H and O–H groups in total. The molecule has 0 saturated heterocycles. The lowest BCUT2D eigenvalue weighted by atomic mass is 9.95. The van der Waals surface area contributed by atoms with Crippen molar-refractivity contribution >= 4 is 11.5 Å². The monoisotopic (exact) mass is 292 g/mol. The zero-order valence-corrected chi connectivity index (χ0v) is 12.9. The van der Waals surface area contributed by atoms with Gasteiger partial charge in [0.15, 0.2) is 0 Å². The number of carbonyl (C=O) groups is 1. The summed E-state index contributed by atoms with van der Waals surface area (Å²) in [6.45, 7) is 4.06. The van der Waals surface area contributed by atoms with Crippen LogP contribution in [0.4, 0.5) is 0 Å². The third-order valence-electron chi connectivity index (χ3n) is 4.69. The van der Waals surface area contributed by atoms with Crippen molar-refractivity contribution in [2.24, 2.45) is 17.3 Å². The zero-order valence-electron chi connectivity index (χ0n) is 12.9. The third-order valence-corrected chi connectivity index (χ3v) is 4.69. The number of aliphatic carboxylic acids is 1. The Kier molecular flexibility index (Phi) is 3.61. The van der Waals surface area contributed by atoms with E-state index in [1.54, 1.807) is 0 Å². The van der Waals surface area contributed by atoms with Crippen molar-refractivity contribution in [1.29, 1.82) is 0 Å². The molecular weight excluding hydrogens is 272 g/mol. The van der Waals surface area contributed by atoms with Crippen molar-refractivity contribution in [2.45, 2.75) is 13.8 Å². The van der Waals surface area contributed by atoms with E-state index in [0.717, 1.165) is 16.7 Å². The molecule has 1 saturated carbocycles. The fraction of sp³-hybridized carbons (Fsp3) is 0.250. The van der Waals surface area contributed by atoms with E-state index in [2.05, 4.69) is 30.3 Å². The van der Waals surface area contributed by atoms with Gasteiger partial charge in [0.2, 0.25) is 0 Å². The molecule has 2 aromatic carbocycles. The Morgan fingerprint density at radius 2 is 1.41 bits per heavy atom. The SMILES string of the molecule is CC1(C)[C@H](C=C(c2ccccc2)c2ccccc2)[C@H]1C(=O)O. The predicted molar refractivity (Wildman–Crippen MR) is 88.4 cm³/mol. The molecule has 0 aliphatic heterocycles. The fourth-order valence-corrected chi connectivity index (χ4v) is 3.23. The second kappa shape index (κ2) is 5.45. The van der Waals surface area contributed by atoms with E-state index in [1.165, 1.54) is 0 Å². The smallest absolute Gasteiger partial charge is 0.307 e. The molecule has 0 heterocycles. The average Bonchev–Trinajstić information content (AvgIpc) is 3.07. The van der Waals surface area contributed by atoms with Crippen LogP contribution in [0.1, 0.15) is 25.0 Å². The second-order valence-electron chi connectivity index (χ2n) is 6.48. The van der Waals surface area contributed by atoms with Gasteiger partial charge in [-0.25, -0.2) is 0 Å². The Morgan fingerprint density at radius 3 is 1.77 bits per heavy atom. The highest BCUT2D eigenvalue weighted by Gasteiger charge is 2.61. The van der Waals surface area contributed by atoms with Crippen LogP contribution >= 0.6 is 0 Å². The van der Waals surface area contributed by atoms with Gasteiger partial charge < -0.3 is 5.11 Å². The van der Waals surface area contributed by atoms with Crippen molar-refractivity contribution in [3.63, 3.8) is 0 Å². The third kappa shape index (κ3) is 2.57. The quantitative estimate of drug-likeness (QED) is 0.902. The summed E-state index contributed by atoms with van der Waals surface area (Å²) in [7, 11) is 0. The van der Waals surface area contributed by atoms with E-state index >= 15 is 0 Å². The Hall–Kier alpha value is -2.35. The van der Waals surface area contributed by atoms with Crippen LogP contribution < -0.4 is 0 Å². The summed E-state index contributed by atoms with van der Waals surface area (Å²) < 4.78 is 0. The van der Waals surface area contributed by atoms with Gasteiger partial charge in [-0.15, -0.1) is 0 Å². The van der Waals surface area contributed by atoms with Crippen LogP contribution in [0.15, 0.2) is 66.7 Å². The minimum Gasteiger partial charge on any atom is -0.481 e. The van der Waals surface area contributed by atoms with Gasteiger partial charge in [-0.2, -0.15) is 0 Å². The van der Waals surface area contributed by atoms with Gasteiger partial charge in [-0.05, 0) is 28.0 Å². The standard InChI is InChI=1S/C20H20O2/c1-20(2)17(18(20)19(21)22)13-16(14-9-5-3-6-10-14)15-11-7-4-8-12-15/h3-13,17-18H,1-2H3,(H,21,22)/t17-,18+/m1/s1. The molecule has 112 valence electrons. The lowest BCUT2D eigenvalue weighted by molar-refractivity contribution is -0.139. The van der Waals surface area contributed by atoms with Gasteiger partial charge in [-0.3, -0.25) is 4.79 Å². The molecule has 0 spiro atoms. The van der Waals surface area contributed by atoms with E-state index in [1.807, 2.05) is 50.2 Å². The molecule has 0 aromatic heterocycles. The molecule has 1 fully saturated rings. The summed E-state index contributed by atoms with van der Waals surface area (Å²) in [6.07, 6.45) is 2.14. The Bertz CT molecular complexity index is 658. The van der Waals surface area contributed by atoms with Crippen LogP contribution in [0.2, 0.25) is 0 Å². The highest BCUT2D eigenvalue weighted by atomic mass is 16.4. The molecular formula is C20H20O2.